The molecule has 0 spiro atoms. The summed E-state index contributed by atoms with van der Waals surface area (Å²) in [6, 6.07) is 8.84. The SMILES string of the molecule is CC(c1ccco1)N(C)C(=O)c1ccccn1. The molecule has 0 aromatic carbocycles. The number of carbonyl (C=O) groups excluding carboxylic acids is 1. The largest absolute Gasteiger partial charge is 0.467 e. The zero-order valence-corrected chi connectivity index (χ0v) is 9.83. The van der Waals surface area contributed by atoms with E-state index in [1.165, 1.54) is 0 Å². The van der Waals surface area contributed by atoms with Gasteiger partial charge in [-0.3, -0.25) is 9.78 Å². The molecule has 1 atom stereocenters. The summed E-state index contributed by atoms with van der Waals surface area (Å²) < 4.78 is 5.29. The summed E-state index contributed by atoms with van der Waals surface area (Å²) in [4.78, 5) is 17.8. The lowest BCUT2D eigenvalue weighted by atomic mass is 10.2. The first kappa shape index (κ1) is 11.4. The molecule has 2 heterocycles. The van der Waals surface area contributed by atoms with Crippen LogP contribution in [0.2, 0.25) is 0 Å². The molecule has 17 heavy (non-hydrogen) atoms. The fourth-order valence-electron chi connectivity index (χ4n) is 1.57. The second kappa shape index (κ2) is 4.82. The quantitative estimate of drug-likeness (QED) is 0.813. The van der Waals surface area contributed by atoms with Crippen LogP contribution in [0.3, 0.4) is 0 Å². The summed E-state index contributed by atoms with van der Waals surface area (Å²) >= 11 is 0. The number of carbonyl (C=O) groups is 1. The third-order valence-corrected chi connectivity index (χ3v) is 2.74. The highest BCUT2D eigenvalue weighted by atomic mass is 16.3. The van der Waals surface area contributed by atoms with Gasteiger partial charge in [0.2, 0.25) is 0 Å². The average Bonchev–Trinajstić information content (AvgIpc) is 2.91. The predicted octanol–water partition coefficient (Wildman–Crippen LogP) is 2.51. The zero-order valence-electron chi connectivity index (χ0n) is 9.83. The van der Waals surface area contributed by atoms with E-state index < -0.39 is 0 Å². The molecule has 0 aliphatic rings. The highest BCUT2D eigenvalue weighted by molar-refractivity contribution is 5.92. The van der Waals surface area contributed by atoms with Gasteiger partial charge in [-0.05, 0) is 31.2 Å². The Morgan fingerprint density at radius 3 is 2.76 bits per heavy atom. The van der Waals surface area contributed by atoms with Gasteiger partial charge in [-0.2, -0.15) is 0 Å². The van der Waals surface area contributed by atoms with Crippen molar-refractivity contribution in [3.63, 3.8) is 0 Å². The Kier molecular flexibility index (Phi) is 3.23. The van der Waals surface area contributed by atoms with Crippen LogP contribution < -0.4 is 0 Å². The van der Waals surface area contributed by atoms with Crippen molar-refractivity contribution < 1.29 is 9.21 Å². The van der Waals surface area contributed by atoms with Gasteiger partial charge in [0.1, 0.15) is 11.5 Å². The van der Waals surface area contributed by atoms with Crippen molar-refractivity contribution in [2.24, 2.45) is 0 Å². The number of aromatic nitrogens is 1. The van der Waals surface area contributed by atoms with Gasteiger partial charge in [-0.25, -0.2) is 0 Å². The Morgan fingerprint density at radius 2 is 2.18 bits per heavy atom. The van der Waals surface area contributed by atoms with Crippen LogP contribution >= 0.6 is 0 Å². The van der Waals surface area contributed by atoms with E-state index in [0.29, 0.717) is 5.69 Å². The van der Waals surface area contributed by atoms with Gasteiger partial charge >= 0.3 is 0 Å². The van der Waals surface area contributed by atoms with Crippen LogP contribution in [0.25, 0.3) is 0 Å². The molecule has 2 aromatic heterocycles. The van der Waals surface area contributed by atoms with E-state index in [1.807, 2.05) is 19.1 Å². The van der Waals surface area contributed by atoms with Crippen molar-refractivity contribution in [1.29, 1.82) is 0 Å². The summed E-state index contributed by atoms with van der Waals surface area (Å²) in [6.07, 6.45) is 3.21. The Balaban J connectivity index is 2.16. The minimum atomic E-state index is -0.116. The van der Waals surface area contributed by atoms with Gasteiger partial charge in [0.25, 0.3) is 5.91 Å². The van der Waals surface area contributed by atoms with Crippen molar-refractivity contribution in [2.45, 2.75) is 13.0 Å². The molecule has 1 amide bonds. The Labute approximate surface area is 99.9 Å². The minimum Gasteiger partial charge on any atom is -0.467 e. The predicted molar refractivity (Wildman–Crippen MR) is 63.5 cm³/mol. The summed E-state index contributed by atoms with van der Waals surface area (Å²) in [5.41, 5.74) is 0.438. The van der Waals surface area contributed by atoms with E-state index in [0.717, 1.165) is 5.76 Å². The van der Waals surface area contributed by atoms with E-state index >= 15 is 0 Å². The Bertz CT molecular complexity index is 479. The molecule has 0 radical (unpaired) electrons. The third kappa shape index (κ3) is 2.36. The fourth-order valence-corrected chi connectivity index (χ4v) is 1.57. The molecule has 0 saturated heterocycles. The second-order valence-corrected chi connectivity index (χ2v) is 3.82. The van der Waals surface area contributed by atoms with Gasteiger partial charge in [0.15, 0.2) is 0 Å². The van der Waals surface area contributed by atoms with Gasteiger partial charge in [0.05, 0.1) is 12.3 Å². The van der Waals surface area contributed by atoms with E-state index in [-0.39, 0.29) is 11.9 Å². The molecular weight excluding hydrogens is 216 g/mol. The monoisotopic (exact) mass is 230 g/mol. The maximum atomic E-state index is 12.1. The van der Waals surface area contributed by atoms with Crippen molar-refractivity contribution >= 4 is 5.91 Å². The van der Waals surface area contributed by atoms with E-state index in [4.69, 9.17) is 4.42 Å². The molecule has 1 unspecified atom stereocenters. The topological polar surface area (TPSA) is 46.3 Å². The van der Waals surface area contributed by atoms with Gasteiger partial charge < -0.3 is 9.32 Å². The number of hydrogen-bond acceptors (Lipinski definition) is 3. The molecule has 0 aliphatic heterocycles. The molecule has 88 valence electrons. The molecule has 2 rings (SSSR count). The number of furan rings is 1. The van der Waals surface area contributed by atoms with E-state index in [9.17, 15) is 4.79 Å². The van der Waals surface area contributed by atoms with Crippen molar-refractivity contribution in [1.82, 2.24) is 9.88 Å². The number of rotatable bonds is 3. The van der Waals surface area contributed by atoms with Crippen LogP contribution in [0.4, 0.5) is 0 Å². The lowest BCUT2D eigenvalue weighted by Crippen LogP contribution is -2.30. The van der Waals surface area contributed by atoms with Crippen LogP contribution in [0.5, 0.6) is 0 Å². The maximum Gasteiger partial charge on any atom is 0.272 e. The van der Waals surface area contributed by atoms with Crippen molar-refractivity contribution in [3.05, 3.63) is 54.2 Å². The van der Waals surface area contributed by atoms with E-state index in [1.54, 1.807) is 42.6 Å². The zero-order chi connectivity index (χ0) is 12.3. The summed E-state index contributed by atoms with van der Waals surface area (Å²) in [7, 11) is 1.74. The number of nitrogens with zero attached hydrogens (tertiary/aromatic N) is 2. The van der Waals surface area contributed by atoms with E-state index in [2.05, 4.69) is 4.98 Å². The average molecular weight is 230 g/mol. The van der Waals surface area contributed by atoms with Crippen LogP contribution in [0, 0.1) is 0 Å². The van der Waals surface area contributed by atoms with Crippen LogP contribution in [0.15, 0.2) is 47.2 Å². The lowest BCUT2D eigenvalue weighted by molar-refractivity contribution is 0.0720. The standard InChI is InChI=1S/C13H14N2O2/c1-10(12-7-5-9-17-12)15(2)13(16)11-6-3-4-8-14-11/h3-10H,1-2H3. The highest BCUT2D eigenvalue weighted by Gasteiger charge is 2.21. The fraction of sp³-hybridized carbons (Fsp3) is 0.231. The molecule has 4 heteroatoms. The van der Waals surface area contributed by atoms with Gasteiger partial charge in [0, 0.05) is 13.2 Å². The van der Waals surface area contributed by atoms with Crippen LogP contribution in [-0.4, -0.2) is 22.8 Å². The first-order chi connectivity index (χ1) is 8.20. The van der Waals surface area contributed by atoms with Crippen LogP contribution in [0.1, 0.15) is 29.2 Å². The molecule has 0 N–H and O–H groups in total. The first-order valence-electron chi connectivity index (χ1n) is 5.41. The molecule has 0 saturated carbocycles. The van der Waals surface area contributed by atoms with Gasteiger partial charge in [-0.1, -0.05) is 6.07 Å². The smallest absolute Gasteiger partial charge is 0.272 e. The molecule has 2 aromatic rings. The third-order valence-electron chi connectivity index (χ3n) is 2.74. The summed E-state index contributed by atoms with van der Waals surface area (Å²) in [5, 5.41) is 0. The molecule has 4 nitrogen and oxygen atoms in total. The number of hydrogen-bond donors (Lipinski definition) is 0. The second-order valence-electron chi connectivity index (χ2n) is 3.82. The molecular formula is C13H14N2O2. The van der Waals surface area contributed by atoms with Crippen LogP contribution in [-0.2, 0) is 0 Å². The lowest BCUT2D eigenvalue weighted by Gasteiger charge is -2.22. The highest BCUT2D eigenvalue weighted by Crippen LogP contribution is 2.20. The summed E-state index contributed by atoms with van der Waals surface area (Å²) in [5.74, 6) is 0.645. The minimum absolute atomic E-state index is 0.112. The molecule has 0 bridgehead atoms. The first-order valence-corrected chi connectivity index (χ1v) is 5.41. The number of pyridine rings is 1. The molecule has 0 aliphatic carbocycles. The Morgan fingerprint density at radius 1 is 1.35 bits per heavy atom. The normalized spacial score (nSPS) is 12.1. The van der Waals surface area contributed by atoms with Gasteiger partial charge in [-0.15, -0.1) is 0 Å². The van der Waals surface area contributed by atoms with Crippen molar-refractivity contribution in [3.8, 4) is 0 Å². The summed E-state index contributed by atoms with van der Waals surface area (Å²) in [6.45, 7) is 1.92. The van der Waals surface area contributed by atoms with Crippen molar-refractivity contribution in [2.75, 3.05) is 7.05 Å². The molecule has 0 fully saturated rings. The number of amides is 1. The maximum absolute atomic E-state index is 12.1. The Hall–Kier alpha value is -2.10.